The van der Waals surface area contributed by atoms with Gasteiger partial charge in [0.15, 0.2) is 0 Å². The zero-order valence-corrected chi connectivity index (χ0v) is 11.4. The molecule has 0 amide bonds. The summed E-state index contributed by atoms with van der Waals surface area (Å²) < 4.78 is 8.28. The number of rotatable bonds is 3. The number of aromatic nitrogens is 3. The third-order valence-corrected chi connectivity index (χ3v) is 4.22. The fourth-order valence-electron chi connectivity index (χ4n) is 2.54. The van der Waals surface area contributed by atoms with Crippen LogP contribution in [-0.4, -0.2) is 32.6 Å². The number of hydrogen-bond acceptors (Lipinski definition) is 4. The summed E-state index contributed by atoms with van der Waals surface area (Å²) in [5, 5.41) is 1.07. The number of fused-ring (bicyclic) bond motifs is 1. The Kier molecular flexibility index (Phi) is 3.26. The van der Waals surface area contributed by atoms with Crippen LogP contribution in [0.2, 0.25) is 0 Å². The summed E-state index contributed by atoms with van der Waals surface area (Å²) in [5.74, 6) is 1.66. The summed E-state index contributed by atoms with van der Waals surface area (Å²) in [7, 11) is 0. The second-order valence-electron chi connectivity index (χ2n) is 4.82. The molecule has 0 spiro atoms. The van der Waals surface area contributed by atoms with Gasteiger partial charge in [-0.3, -0.25) is 0 Å². The number of ether oxygens (including phenoxy) is 1. The summed E-state index contributed by atoms with van der Waals surface area (Å²) >= 11 is 1.85. The molecule has 0 radical (unpaired) electrons. The molecule has 0 bridgehead atoms. The Hall–Kier alpha value is -1.07. The molecule has 18 heavy (non-hydrogen) atoms. The number of thioether (sulfide) groups is 1. The van der Waals surface area contributed by atoms with Crippen LogP contribution in [0.1, 0.15) is 19.6 Å². The second kappa shape index (κ2) is 4.90. The van der Waals surface area contributed by atoms with Gasteiger partial charge in [0.2, 0.25) is 0 Å². The Bertz CT molecular complexity index is 542. The van der Waals surface area contributed by atoms with Crippen molar-refractivity contribution in [2.75, 3.05) is 12.0 Å². The van der Waals surface area contributed by atoms with Crippen LogP contribution in [0.4, 0.5) is 0 Å². The van der Waals surface area contributed by atoms with Crippen LogP contribution in [0, 0.1) is 5.92 Å². The predicted octanol–water partition coefficient (Wildman–Crippen LogP) is 2.72. The van der Waals surface area contributed by atoms with Crippen molar-refractivity contribution >= 4 is 22.8 Å². The van der Waals surface area contributed by atoms with Crippen molar-refractivity contribution in [1.82, 2.24) is 14.5 Å². The first kappa shape index (κ1) is 12.0. The molecule has 1 aliphatic heterocycles. The monoisotopic (exact) mass is 263 g/mol. The van der Waals surface area contributed by atoms with Crippen LogP contribution in [0.3, 0.4) is 0 Å². The van der Waals surface area contributed by atoms with E-state index in [2.05, 4.69) is 33.9 Å². The fourth-order valence-corrected chi connectivity index (χ4v) is 3.27. The van der Waals surface area contributed by atoms with Gasteiger partial charge >= 0.3 is 0 Å². The van der Waals surface area contributed by atoms with Gasteiger partial charge in [0.25, 0.3) is 0 Å². The van der Waals surface area contributed by atoms with Gasteiger partial charge in [-0.15, -0.1) is 0 Å². The summed E-state index contributed by atoms with van der Waals surface area (Å²) in [6.45, 7) is 2.27. The highest BCUT2D eigenvalue weighted by Crippen LogP contribution is 2.35. The minimum Gasteiger partial charge on any atom is -0.354 e. The van der Waals surface area contributed by atoms with Gasteiger partial charge in [0.1, 0.15) is 18.2 Å². The molecule has 0 aromatic carbocycles. The minimum atomic E-state index is 0.115. The molecule has 0 saturated carbocycles. The van der Waals surface area contributed by atoms with Crippen molar-refractivity contribution in [2.45, 2.75) is 25.7 Å². The first-order chi connectivity index (χ1) is 8.79. The Labute approximate surface area is 111 Å². The molecule has 2 aromatic heterocycles. The van der Waals surface area contributed by atoms with Crippen LogP contribution in [-0.2, 0) is 4.74 Å². The van der Waals surface area contributed by atoms with Crippen LogP contribution in [0.5, 0.6) is 0 Å². The van der Waals surface area contributed by atoms with Crippen molar-refractivity contribution in [2.24, 2.45) is 5.92 Å². The Morgan fingerprint density at radius 3 is 3.28 bits per heavy atom. The van der Waals surface area contributed by atoms with Crippen LogP contribution >= 0.6 is 11.8 Å². The largest absolute Gasteiger partial charge is 0.354 e. The molecule has 3 rings (SSSR count). The maximum absolute atomic E-state index is 6.15. The number of hydrogen-bond donors (Lipinski definition) is 0. The molecule has 1 fully saturated rings. The lowest BCUT2D eigenvalue weighted by Gasteiger charge is -2.15. The van der Waals surface area contributed by atoms with Crippen molar-refractivity contribution < 1.29 is 4.74 Å². The highest BCUT2D eigenvalue weighted by molar-refractivity contribution is 7.98. The van der Waals surface area contributed by atoms with Crippen molar-refractivity contribution in [3.8, 4) is 0 Å². The zero-order valence-electron chi connectivity index (χ0n) is 10.6. The Balaban J connectivity index is 1.88. The van der Waals surface area contributed by atoms with Crippen LogP contribution in [0.25, 0.3) is 11.0 Å². The van der Waals surface area contributed by atoms with Crippen LogP contribution in [0.15, 0.2) is 24.8 Å². The molecule has 1 saturated heterocycles. The molecule has 3 heterocycles. The highest BCUT2D eigenvalue weighted by Gasteiger charge is 2.33. The summed E-state index contributed by atoms with van der Waals surface area (Å²) in [5.41, 5.74) is 0.965. The van der Waals surface area contributed by atoms with E-state index in [-0.39, 0.29) is 6.23 Å². The molecule has 0 unspecified atom stereocenters. The first-order valence-electron chi connectivity index (χ1n) is 6.20. The minimum absolute atomic E-state index is 0.115. The average molecular weight is 263 g/mol. The van der Waals surface area contributed by atoms with Crippen molar-refractivity contribution in [1.29, 1.82) is 0 Å². The molecule has 5 heteroatoms. The maximum atomic E-state index is 6.15. The van der Waals surface area contributed by atoms with E-state index in [0.717, 1.165) is 23.2 Å². The third kappa shape index (κ3) is 2.01. The summed E-state index contributed by atoms with van der Waals surface area (Å²) in [6.07, 6.45) is 9.14. The normalized spacial score (nSPS) is 28.0. The average Bonchev–Trinajstić information content (AvgIpc) is 2.94. The topological polar surface area (TPSA) is 39.9 Å². The van der Waals surface area contributed by atoms with Gasteiger partial charge in [0.05, 0.1) is 6.10 Å². The first-order valence-corrected chi connectivity index (χ1v) is 7.60. The van der Waals surface area contributed by atoms with Crippen molar-refractivity contribution in [3.63, 3.8) is 0 Å². The highest BCUT2D eigenvalue weighted by atomic mass is 32.2. The van der Waals surface area contributed by atoms with Crippen LogP contribution < -0.4 is 0 Å². The fraction of sp³-hybridized carbons (Fsp3) is 0.538. The van der Waals surface area contributed by atoms with Gasteiger partial charge in [-0.25, -0.2) is 9.97 Å². The van der Waals surface area contributed by atoms with E-state index in [0.29, 0.717) is 12.0 Å². The second-order valence-corrected chi connectivity index (χ2v) is 5.73. The summed E-state index contributed by atoms with van der Waals surface area (Å²) in [6, 6.07) is 2.05. The van der Waals surface area contributed by atoms with E-state index in [9.17, 15) is 0 Å². The predicted molar refractivity (Wildman–Crippen MR) is 73.6 cm³/mol. The smallest absolute Gasteiger partial charge is 0.145 e. The Morgan fingerprint density at radius 1 is 1.56 bits per heavy atom. The summed E-state index contributed by atoms with van der Waals surface area (Å²) in [4.78, 5) is 8.39. The SMILES string of the molecule is CSC[C@H]1O[C@@H](n2ccc3cncnc32)C[C@H]1C. The van der Waals surface area contributed by atoms with Gasteiger partial charge in [-0.05, 0) is 24.7 Å². The lowest BCUT2D eigenvalue weighted by molar-refractivity contribution is 0.0107. The third-order valence-electron chi connectivity index (χ3n) is 3.56. The van der Waals surface area contributed by atoms with Gasteiger partial charge < -0.3 is 9.30 Å². The molecular formula is C13H17N3OS. The lowest BCUT2D eigenvalue weighted by atomic mass is 10.1. The molecule has 2 aromatic rings. The van der Waals surface area contributed by atoms with Gasteiger partial charge in [0, 0.05) is 23.5 Å². The molecule has 3 atom stereocenters. The quantitative estimate of drug-likeness (QED) is 0.853. The molecule has 0 N–H and O–H groups in total. The van der Waals surface area contributed by atoms with E-state index in [4.69, 9.17) is 4.74 Å². The van der Waals surface area contributed by atoms with Gasteiger partial charge in [-0.2, -0.15) is 11.8 Å². The molecular weight excluding hydrogens is 246 g/mol. The standard InChI is InChI=1S/C13H17N3OS/c1-9-5-12(17-11(9)7-18-2)16-4-3-10-6-14-8-15-13(10)16/h3-4,6,8-9,11-12H,5,7H2,1-2H3/t9-,11-,12-/m1/s1. The van der Waals surface area contributed by atoms with E-state index >= 15 is 0 Å². The lowest BCUT2D eigenvalue weighted by Crippen LogP contribution is -2.16. The molecule has 0 aliphatic carbocycles. The zero-order chi connectivity index (χ0) is 12.5. The Morgan fingerprint density at radius 2 is 2.44 bits per heavy atom. The molecule has 96 valence electrons. The molecule has 4 nitrogen and oxygen atoms in total. The van der Waals surface area contributed by atoms with Gasteiger partial charge in [-0.1, -0.05) is 6.92 Å². The van der Waals surface area contributed by atoms with E-state index < -0.39 is 0 Å². The number of nitrogens with zero attached hydrogens (tertiary/aromatic N) is 3. The van der Waals surface area contributed by atoms with E-state index in [1.807, 2.05) is 24.0 Å². The maximum Gasteiger partial charge on any atom is 0.145 e. The van der Waals surface area contributed by atoms with E-state index in [1.165, 1.54) is 0 Å². The van der Waals surface area contributed by atoms with E-state index in [1.54, 1.807) is 6.33 Å². The molecule has 1 aliphatic rings. The van der Waals surface area contributed by atoms with Crippen molar-refractivity contribution in [3.05, 3.63) is 24.8 Å².